The number of rotatable bonds is 3. The molecular formula is C20H25ClN2O3. The van der Waals surface area contributed by atoms with E-state index in [2.05, 4.69) is 31.2 Å². The van der Waals surface area contributed by atoms with Crippen LogP contribution in [0.2, 0.25) is 5.02 Å². The van der Waals surface area contributed by atoms with Crippen LogP contribution in [0.5, 0.6) is 0 Å². The van der Waals surface area contributed by atoms with Gasteiger partial charge in [-0.2, -0.15) is 0 Å². The Morgan fingerprint density at radius 3 is 2.38 bits per heavy atom. The first-order valence-corrected chi connectivity index (χ1v) is 9.38. The Hall–Kier alpha value is -1.85. The molecule has 0 spiro atoms. The zero-order valence-corrected chi connectivity index (χ0v) is 16.1. The molecule has 0 atom stereocenters. The summed E-state index contributed by atoms with van der Waals surface area (Å²) in [5, 5.41) is 16.6. The molecule has 1 heterocycles. The minimum absolute atomic E-state index is 0.0354. The van der Waals surface area contributed by atoms with Gasteiger partial charge in [0.15, 0.2) is 11.5 Å². The van der Waals surface area contributed by atoms with Crippen molar-refractivity contribution in [3.8, 4) is 11.3 Å². The molecule has 0 unspecified atom stereocenters. The number of aliphatic hydroxyl groups is 1. The van der Waals surface area contributed by atoms with Crippen molar-refractivity contribution in [2.24, 2.45) is 0 Å². The normalized spacial score (nSPS) is 20.8. The summed E-state index contributed by atoms with van der Waals surface area (Å²) >= 11 is 6.37. The van der Waals surface area contributed by atoms with Crippen LogP contribution in [0.15, 0.2) is 28.8 Å². The maximum Gasteiger partial charge on any atom is 0.275 e. The molecule has 26 heavy (non-hydrogen) atoms. The molecule has 1 aromatic heterocycles. The molecule has 0 saturated heterocycles. The topological polar surface area (TPSA) is 75.4 Å². The number of hydrogen-bond donors (Lipinski definition) is 2. The van der Waals surface area contributed by atoms with E-state index in [0.717, 1.165) is 18.4 Å². The summed E-state index contributed by atoms with van der Waals surface area (Å²) < 4.78 is 5.35. The number of amides is 1. The highest BCUT2D eigenvalue weighted by Crippen LogP contribution is 2.32. The summed E-state index contributed by atoms with van der Waals surface area (Å²) in [6.07, 6.45) is 2.64. The van der Waals surface area contributed by atoms with E-state index in [1.807, 2.05) is 24.3 Å². The number of aromatic nitrogens is 1. The summed E-state index contributed by atoms with van der Waals surface area (Å²) in [5.74, 6) is 0.0639. The molecule has 3 rings (SSSR count). The smallest absolute Gasteiger partial charge is 0.275 e. The van der Waals surface area contributed by atoms with E-state index in [9.17, 15) is 9.90 Å². The minimum atomic E-state index is -0.335. The molecule has 1 amide bonds. The maximum absolute atomic E-state index is 12.5. The van der Waals surface area contributed by atoms with E-state index in [-0.39, 0.29) is 34.2 Å². The third-order valence-electron chi connectivity index (χ3n) is 4.90. The van der Waals surface area contributed by atoms with Gasteiger partial charge in [-0.05, 0) is 36.7 Å². The second-order valence-corrected chi connectivity index (χ2v) is 8.36. The monoisotopic (exact) mass is 376 g/mol. The van der Waals surface area contributed by atoms with Crippen molar-refractivity contribution in [3.05, 3.63) is 40.5 Å². The number of halogens is 1. The lowest BCUT2D eigenvalue weighted by atomic mass is 9.86. The van der Waals surface area contributed by atoms with Gasteiger partial charge in [0.1, 0.15) is 5.02 Å². The quantitative estimate of drug-likeness (QED) is 0.836. The molecule has 0 radical (unpaired) electrons. The zero-order chi connectivity index (χ0) is 18.9. The number of nitrogens with one attached hydrogen (secondary N) is 1. The van der Waals surface area contributed by atoms with Crippen LogP contribution in [0.4, 0.5) is 0 Å². The standard InChI is InChI=1S/C20H25ClN2O3/c1-20(2,3)13-6-4-12(5-7-13)18-16(21)17(23-26-18)19(25)22-14-8-10-15(24)11-9-14/h4-7,14-15,24H,8-11H2,1-3H3,(H,22,25). The SMILES string of the molecule is CC(C)(C)c1ccc(-c2onc(C(=O)NC3CCC(O)CC3)c2Cl)cc1. The molecule has 1 aromatic carbocycles. The summed E-state index contributed by atoms with van der Waals surface area (Å²) in [5.41, 5.74) is 2.15. The molecule has 1 aliphatic carbocycles. The van der Waals surface area contributed by atoms with Crippen molar-refractivity contribution in [3.63, 3.8) is 0 Å². The Kier molecular flexibility index (Phi) is 5.39. The highest BCUT2D eigenvalue weighted by Gasteiger charge is 2.26. The maximum atomic E-state index is 12.5. The summed E-state index contributed by atoms with van der Waals surface area (Å²) in [6.45, 7) is 6.45. The van der Waals surface area contributed by atoms with E-state index in [4.69, 9.17) is 16.1 Å². The summed E-state index contributed by atoms with van der Waals surface area (Å²) in [6, 6.07) is 7.95. The molecule has 140 valence electrons. The van der Waals surface area contributed by atoms with Gasteiger partial charge in [-0.25, -0.2) is 0 Å². The van der Waals surface area contributed by atoms with Gasteiger partial charge >= 0.3 is 0 Å². The molecule has 2 N–H and O–H groups in total. The van der Waals surface area contributed by atoms with Crippen molar-refractivity contribution in [1.29, 1.82) is 0 Å². The second-order valence-electron chi connectivity index (χ2n) is 7.98. The minimum Gasteiger partial charge on any atom is -0.393 e. The first-order valence-electron chi connectivity index (χ1n) is 9.00. The van der Waals surface area contributed by atoms with Crippen molar-refractivity contribution in [2.45, 2.75) is 64.0 Å². The third kappa shape index (κ3) is 4.10. The molecule has 2 aromatic rings. The first-order chi connectivity index (χ1) is 12.3. The molecule has 1 fully saturated rings. The van der Waals surface area contributed by atoms with Gasteiger partial charge in [-0.3, -0.25) is 4.79 Å². The van der Waals surface area contributed by atoms with Crippen LogP contribution in [-0.2, 0) is 5.41 Å². The van der Waals surface area contributed by atoms with E-state index in [0.29, 0.717) is 18.6 Å². The number of aliphatic hydroxyl groups excluding tert-OH is 1. The van der Waals surface area contributed by atoms with E-state index >= 15 is 0 Å². The van der Waals surface area contributed by atoms with Crippen molar-refractivity contribution < 1.29 is 14.4 Å². The Balaban J connectivity index is 1.74. The average molecular weight is 377 g/mol. The Bertz CT molecular complexity index is 769. The van der Waals surface area contributed by atoms with Gasteiger partial charge in [0.05, 0.1) is 6.10 Å². The number of carbonyl (C=O) groups is 1. The molecule has 6 heteroatoms. The van der Waals surface area contributed by atoms with E-state index < -0.39 is 0 Å². The average Bonchev–Trinajstić information content (AvgIpc) is 2.98. The number of hydrogen-bond acceptors (Lipinski definition) is 4. The van der Waals surface area contributed by atoms with Gasteiger partial charge in [-0.15, -0.1) is 0 Å². The van der Waals surface area contributed by atoms with Crippen LogP contribution >= 0.6 is 11.6 Å². The predicted molar refractivity (Wildman–Crippen MR) is 101 cm³/mol. The number of nitrogens with zero attached hydrogens (tertiary/aromatic N) is 1. The molecule has 1 saturated carbocycles. The fourth-order valence-electron chi connectivity index (χ4n) is 3.20. The zero-order valence-electron chi connectivity index (χ0n) is 15.4. The largest absolute Gasteiger partial charge is 0.393 e. The Morgan fingerprint density at radius 2 is 1.81 bits per heavy atom. The first kappa shape index (κ1) is 18.9. The highest BCUT2D eigenvalue weighted by atomic mass is 35.5. The second kappa shape index (κ2) is 7.41. The van der Waals surface area contributed by atoms with Gasteiger partial charge in [0, 0.05) is 11.6 Å². The Labute approximate surface area is 158 Å². The van der Waals surface area contributed by atoms with Crippen molar-refractivity contribution in [1.82, 2.24) is 10.5 Å². The number of carbonyl (C=O) groups excluding carboxylic acids is 1. The lowest BCUT2D eigenvalue weighted by Gasteiger charge is -2.25. The van der Waals surface area contributed by atoms with Crippen LogP contribution in [-0.4, -0.2) is 28.3 Å². The van der Waals surface area contributed by atoms with Crippen LogP contribution in [0, 0.1) is 0 Å². The Morgan fingerprint density at radius 1 is 1.19 bits per heavy atom. The van der Waals surface area contributed by atoms with Crippen LogP contribution < -0.4 is 5.32 Å². The lowest BCUT2D eigenvalue weighted by Crippen LogP contribution is -2.38. The van der Waals surface area contributed by atoms with Gasteiger partial charge in [0.25, 0.3) is 5.91 Å². The van der Waals surface area contributed by atoms with Gasteiger partial charge < -0.3 is 14.9 Å². The van der Waals surface area contributed by atoms with Crippen LogP contribution in [0.3, 0.4) is 0 Å². The van der Waals surface area contributed by atoms with Crippen molar-refractivity contribution in [2.75, 3.05) is 0 Å². The summed E-state index contributed by atoms with van der Waals surface area (Å²) in [7, 11) is 0. The predicted octanol–water partition coefficient (Wildman–Crippen LogP) is 4.33. The van der Waals surface area contributed by atoms with Crippen molar-refractivity contribution >= 4 is 17.5 Å². The highest BCUT2D eigenvalue weighted by molar-refractivity contribution is 6.35. The van der Waals surface area contributed by atoms with E-state index in [1.54, 1.807) is 0 Å². The lowest BCUT2D eigenvalue weighted by molar-refractivity contribution is 0.0860. The van der Waals surface area contributed by atoms with Gasteiger partial charge in [-0.1, -0.05) is 61.8 Å². The van der Waals surface area contributed by atoms with E-state index in [1.165, 1.54) is 5.56 Å². The van der Waals surface area contributed by atoms with Crippen LogP contribution in [0.1, 0.15) is 62.5 Å². The third-order valence-corrected chi connectivity index (χ3v) is 5.25. The molecule has 0 aliphatic heterocycles. The fourth-order valence-corrected chi connectivity index (χ4v) is 3.46. The van der Waals surface area contributed by atoms with Gasteiger partial charge in [0.2, 0.25) is 0 Å². The molecular weight excluding hydrogens is 352 g/mol. The summed E-state index contributed by atoms with van der Waals surface area (Å²) in [4.78, 5) is 12.5. The molecule has 5 nitrogen and oxygen atoms in total. The van der Waals surface area contributed by atoms with Crippen LogP contribution in [0.25, 0.3) is 11.3 Å². The molecule has 1 aliphatic rings. The number of benzene rings is 1. The molecule has 0 bridgehead atoms. The fraction of sp³-hybridized carbons (Fsp3) is 0.500.